The molecule has 0 amide bonds. The van der Waals surface area contributed by atoms with Crippen LogP contribution in [0.3, 0.4) is 0 Å². The third kappa shape index (κ3) is 4.09. The van der Waals surface area contributed by atoms with E-state index >= 15 is 0 Å². The molecule has 0 radical (unpaired) electrons. The van der Waals surface area contributed by atoms with Crippen molar-refractivity contribution < 1.29 is 4.74 Å². The van der Waals surface area contributed by atoms with E-state index in [2.05, 4.69) is 0 Å². The number of hydrogen-bond acceptors (Lipinski definition) is 2. The van der Waals surface area contributed by atoms with Crippen molar-refractivity contribution in [3.8, 4) is 0 Å². The van der Waals surface area contributed by atoms with E-state index in [1.165, 1.54) is 0 Å². The maximum atomic E-state index is 5.87. The van der Waals surface area contributed by atoms with Gasteiger partial charge in [-0.3, -0.25) is 0 Å². The highest BCUT2D eigenvalue weighted by molar-refractivity contribution is 6.30. The molecule has 0 aliphatic heterocycles. The normalized spacial score (nSPS) is 12.8. The predicted octanol–water partition coefficient (Wildman–Crippen LogP) is 2.25. The molecule has 0 aromatic heterocycles. The van der Waals surface area contributed by atoms with Gasteiger partial charge in [0.15, 0.2) is 0 Å². The summed E-state index contributed by atoms with van der Waals surface area (Å²) in [7, 11) is 0. The fraction of sp³-hybridized carbons (Fsp3) is 0.455. The van der Waals surface area contributed by atoms with Crippen molar-refractivity contribution in [1.82, 2.24) is 0 Å². The molecule has 0 aliphatic carbocycles. The van der Waals surface area contributed by atoms with Gasteiger partial charge in [-0.1, -0.05) is 23.7 Å². The summed E-state index contributed by atoms with van der Waals surface area (Å²) >= 11 is 5.86. The van der Waals surface area contributed by atoms with Crippen molar-refractivity contribution in [3.05, 3.63) is 34.9 Å². The van der Waals surface area contributed by atoms with Crippen LogP contribution in [-0.4, -0.2) is 19.3 Å². The maximum absolute atomic E-state index is 5.87. The van der Waals surface area contributed by atoms with Crippen LogP contribution >= 0.6 is 11.6 Å². The first-order valence-electron chi connectivity index (χ1n) is 4.80. The van der Waals surface area contributed by atoms with Gasteiger partial charge in [0.1, 0.15) is 0 Å². The molecule has 0 spiro atoms. The van der Waals surface area contributed by atoms with Gasteiger partial charge in [-0.2, -0.15) is 0 Å². The van der Waals surface area contributed by atoms with Crippen molar-refractivity contribution in [2.75, 3.05) is 13.2 Å². The molecule has 1 aromatic carbocycles. The van der Waals surface area contributed by atoms with E-state index in [1.807, 2.05) is 31.2 Å². The molecule has 14 heavy (non-hydrogen) atoms. The summed E-state index contributed by atoms with van der Waals surface area (Å²) in [5.74, 6) is 0. The topological polar surface area (TPSA) is 35.2 Å². The van der Waals surface area contributed by atoms with Gasteiger partial charge < -0.3 is 10.5 Å². The van der Waals surface area contributed by atoms with Crippen molar-refractivity contribution in [2.45, 2.75) is 19.4 Å². The first-order chi connectivity index (χ1) is 6.72. The molecular formula is C11H16ClNO. The van der Waals surface area contributed by atoms with Crippen molar-refractivity contribution >= 4 is 11.6 Å². The number of nitrogens with two attached hydrogens (primary N) is 1. The van der Waals surface area contributed by atoms with E-state index in [0.717, 1.165) is 17.0 Å². The van der Waals surface area contributed by atoms with E-state index in [9.17, 15) is 0 Å². The minimum Gasteiger partial charge on any atom is -0.380 e. The van der Waals surface area contributed by atoms with Gasteiger partial charge in [-0.25, -0.2) is 0 Å². The molecule has 1 atom stereocenters. The summed E-state index contributed by atoms with van der Waals surface area (Å²) in [6.45, 7) is 3.28. The monoisotopic (exact) mass is 213 g/mol. The Kier molecular flexibility index (Phi) is 4.94. The van der Waals surface area contributed by atoms with Crippen LogP contribution in [-0.2, 0) is 11.2 Å². The Balaban J connectivity index is 2.43. The number of halogens is 1. The third-order valence-corrected chi connectivity index (χ3v) is 2.16. The van der Waals surface area contributed by atoms with Gasteiger partial charge in [0.05, 0.1) is 6.61 Å². The van der Waals surface area contributed by atoms with Crippen LogP contribution in [0.25, 0.3) is 0 Å². The van der Waals surface area contributed by atoms with Crippen LogP contribution in [0.15, 0.2) is 24.3 Å². The van der Waals surface area contributed by atoms with Gasteiger partial charge in [0.2, 0.25) is 0 Å². The quantitative estimate of drug-likeness (QED) is 0.815. The Hall–Kier alpha value is -0.570. The molecule has 1 unspecified atom stereocenters. The zero-order valence-corrected chi connectivity index (χ0v) is 9.13. The molecule has 1 aromatic rings. The zero-order chi connectivity index (χ0) is 10.4. The smallest absolute Gasteiger partial charge is 0.0620 e. The van der Waals surface area contributed by atoms with Crippen LogP contribution in [0.2, 0.25) is 5.02 Å². The Labute approximate surface area is 90.0 Å². The summed E-state index contributed by atoms with van der Waals surface area (Å²) in [6, 6.07) is 7.81. The van der Waals surface area contributed by atoms with Crippen LogP contribution < -0.4 is 5.73 Å². The zero-order valence-electron chi connectivity index (χ0n) is 8.37. The van der Waals surface area contributed by atoms with Gasteiger partial charge in [-0.15, -0.1) is 0 Å². The van der Waals surface area contributed by atoms with Crippen LogP contribution in [0.5, 0.6) is 0 Å². The van der Waals surface area contributed by atoms with E-state index in [1.54, 1.807) is 0 Å². The standard InChI is InChI=1S/C11H16ClNO/c1-2-14-8-11(13)7-9-4-3-5-10(12)6-9/h3-6,11H,2,7-8,13H2,1H3. The minimum absolute atomic E-state index is 0.0495. The summed E-state index contributed by atoms with van der Waals surface area (Å²) in [4.78, 5) is 0. The van der Waals surface area contributed by atoms with E-state index in [-0.39, 0.29) is 6.04 Å². The summed E-state index contributed by atoms with van der Waals surface area (Å²) in [6.07, 6.45) is 0.806. The van der Waals surface area contributed by atoms with E-state index in [4.69, 9.17) is 22.1 Å². The predicted molar refractivity (Wildman–Crippen MR) is 59.6 cm³/mol. The highest BCUT2D eigenvalue weighted by atomic mass is 35.5. The lowest BCUT2D eigenvalue weighted by molar-refractivity contribution is 0.133. The lowest BCUT2D eigenvalue weighted by Gasteiger charge is -2.11. The van der Waals surface area contributed by atoms with Crippen molar-refractivity contribution in [3.63, 3.8) is 0 Å². The van der Waals surface area contributed by atoms with Gasteiger partial charge >= 0.3 is 0 Å². The average Bonchev–Trinajstić information content (AvgIpc) is 2.15. The molecule has 0 aliphatic rings. The second-order valence-electron chi connectivity index (χ2n) is 3.25. The molecule has 78 valence electrons. The molecule has 2 N–H and O–H groups in total. The van der Waals surface area contributed by atoms with Crippen LogP contribution in [0.1, 0.15) is 12.5 Å². The fourth-order valence-electron chi connectivity index (χ4n) is 1.29. The third-order valence-electron chi connectivity index (χ3n) is 1.92. The first kappa shape index (κ1) is 11.5. The SMILES string of the molecule is CCOCC(N)Cc1cccc(Cl)c1. The molecule has 3 heteroatoms. The van der Waals surface area contributed by atoms with Crippen LogP contribution in [0, 0.1) is 0 Å². The number of ether oxygens (including phenoxy) is 1. The highest BCUT2D eigenvalue weighted by Gasteiger charge is 2.03. The molecule has 0 saturated heterocycles. The fourth-order valence-corrected chi connectivity index (χ4v) is 1.51. The molecule has 0 bridgehead atoms. The lowest BCUT2D eigenvalue weighted by atomic mass is 10.1. The molecule has 1 rings (SSSR count). The molecule has 0 heterocycles. The maximum Gasteiger partial charge on any atom is 0.0620 e. The average molecular weight is 214 g/mol. The summed E-state index contributed by atoms with van der Waals surface area (Å²) in [5.41, 5.74) is 7.03. The van der Waals surface area contributed by atoms with Crippen LogP contribution in [0.4, 0.5) is 0 Å². The second-order valence-corrected chi connectivity index (χ2v) is 3.69. The van der Waals surface area contributed by atoms with Crippen molar-refractivity contribution in [1.29, 1.82) is 0 Å². The molecule has 0 saturated carbocycles. The second kappa shape index (κ2) is 6.02. The Bertz CT molecular complexity index is 278. The number of rotatable bonds is 5. The molecule has 0 fully saturated rings. The van der Waals surface area contributed by atoms with E-state index in [0.29, 0.717) is 13.2 Å². The van der Waals surface area contributed by atoms with Gasteiger partial charge in [-0.05, 0) is 31.0 Å². The van der Waals surface area contributed by atoms with Crippen molar-refractivity contribution in [2.24, 2.45) is 5.73 Å². The lowest BCUT2D eigenvalue weighted by Crippen LogP contribution is -2.28. The Morgan fingerprint density at radius 2 is 2.29 bits per heavy atom. The molecule has 2 nitrogen and oxygen atoms in total. The minimum atomic E-state index is 0.0495. The van der Waals surface area contributed by atoms with Gasteiger partial charge in [0.25, 0.3) is 0 Å². The van der Waals surface area contributed by atoms with E-state index < -0.39 is 0 Å². The number of benzene rings is 1. The number of hydrogen-bond donors (Lipinski definition) is 1. The largest absolute Gasteiger partial charge is 0.380 e. The Morgan fingerprint density at radius 3 is 2.93 bits per heavy atom. The Morgan fingerprint density at radius 1 is 1.50 bits per heavy atom. The summed E-state index contributed by atoms with van der Waals surface area (Å²) in [5, 5.41) is 0.756. The highest BCUT2D eigenvalue weighted by Crippen LogP contribution is 2.11. The summed E-state index contributed by atoms with van der Waals surface area (Å²) < 4.78 is 5.24. The molecular weight excluding hydrogens is 198 g/mol. The van der Waals surface area contributed by atoms with Gasteiger partial charge in [0, 0.05) is 17.7 Å². The first-order valence-corrected chi connectivity index (χ1v) is 5.18.